The van der Waals surface area contributed by atoms with Crippen LogP contribution in [0.1, 0.15) is 32.3 Å². The van der Waals surface area contributed by atoms with Crippen LogP contribution in [0.4, 0.5) is 0 Å². The zero-order chi connectivity index (χ0) is 15.1. The summed E-state index contributed by atoms with van der Waals surface area (Å²) in [6.07, 6.45) is 2.20. The Morgan fingerprint density at radius 3 is 2.71 bits per heavy atom. The third-order valence-electron chi connectivity index (χ3n) is 3.84. The average molecular weight is 293 g/mol. The van der Waals surface area contributed by atoms with Crippen LogP contribution in [0.5, 0.6) is 5.75 Å². The Bertz CT molecular complexity index is 399. The molecule has 118 valence electrons. The van der Waals surface area contributed by atoms with Crippen LogP contribution in [0.2, 0.25) is 0 Å². The van der Waals surface area contributed by atoms with E-state index in [1.807, 2.05) is 26.0 Å². The Kier molecular flexibility index (Phi) is 6.49. The highest BCUT2D eigenvalue weighted by Crippen LogP contribution is 2.16. The van der Waals surface area contributed by atoms with E-state index in [0.29, 0.717) is 13.2 Å². The van der Waals surface area contributed by atoms with Gasteiger partial charge in [0, 0.05) is 19.7 Å². The molecule has 1 aliphatic heterocycles. The molecule has 2 rings (SSSR count). The summed E-state index contributed by atoms with van der Waals surface area (Å²) in [4.78, 5) is 0. The van der Waals surface area contributed by atoms with E-state index >= 15 is 0 Å². The largest absolute Gasteiger partial charge is 0.491 e. The van der Waals surface area contributed by atoms with E-state index in [2.05, 4.69) is 17.4 Å². The maximum Gasteiger partial charge on any atom is 0.119 e. The molecule has 4 nitrogen and oxygen atoms in total. The van der Waals surface area contributed by atoms with Crippen molar-refractivity contribution >= 4 is 0 Å². The topological polar surface area (TPSA) is 50.7 Å². The van der Waals surface area contributed by atoms with E-state index in [1.54, 1.807) is 0 Å². The molecule has 4 heteroatoms. The molecule has 2 unspecified atom stereocenters. The minimum Gasteiger partial charge on any atom is -0.491 e. The summed E-state index contributed by atoms with van der Waals surface area (Å²) >= 11 is 0. The van der Waals surface area contributed by atoms with E-state index in [0.717, 1.165) is 31.7 Å². The molecule has 0 aromatic heterocycles. The first-order valence-corrected chi connectivity index (χ1v) is 7.87. The molecule has 0 amide bonds. The lowest BCUT2D eigenvalue weighted by molar-refractivity contribution is 0.0679. The van der Waals surface area contributed by atoms with Gasteiger partial charge in [-0.05, 0) is 36.5 Å². The summed E-state index contributed by atoms with van der Waals surface area (Å²) in [6, 6.07) is 8.09. The van der Waals surface area contributed by atoms with Crippen LogP contribution in [0.3, 0.4) is 0 Å². The second-order valence-electron chi connectivity index (χ2n) is 6.03. The number of aliphatic hydroxyl groups excluding tert-OH is 1. The molecule has 1 fully saturated rings. The molecule has 0 saturated carbocycles. The quantitative estimate of drug-likeness (QED) is 0.772. The second-order valence-corrected chi connectivity index (χ2v) is 6.03. The van der Waals surface area contributed by atoms with Gasteiger partial charge in [0.25, 0.3) is 0 Å². The highest BCUT2D eigenvalue weighted by molar-refractivity contribution is 5.27. The molecule has 2 atom stereocenters. The first-order valence-electron chi connectivity index (χ1n) is 7.87. The van der Waals surface area contributed by atoms with E-state index in [9.17, 15) is 5.11 Å². The maximum atomic E-state index is 9.73. The lowest BCUT2D eigenvalue weighted by atomic mass is 10.1. The molecule has 0 aliphatic carbocycles. The number of rotatable bonds is 8. The summed E-state index contributed by atoms with van der Waals surface area (Å²) in [5, 5.41) is 13.0. The Hall–Kier alpha value is -1.10. The summed E-state index contributed by atoms with van der Waals surface area (Å²) in [7, 11) is 0. The van der Waals surface area contributed by atoms with Crippen molar-refractivity contribution in [1.29, 1.82) is 0 Å². The third kappa shape index (κ3) is 5.65. The molecule has 21 heavy (non-hydrogen) atoms. The molecule has 1 aliphatic rings. The SMILES string of the molecule is CC(C)C(O)CNCc1ccc(OCC2CCCO2)cc1. The van der Waals surface area contributed by atoms with Gasteiger partial charge in [-0.15, -0.1) is 0 Å². The van der Waals surface area contributed by atoms with Crippen molar-refractivity contribution in [1.82, 2.24) is 5.32 Å². The number of aliphatic hydroxyl groups is 1. The zero-order valence-corrected chi connectivity index (χ0v) is 13.0. The molecule has 0 radical (unpaired) electrons. The van der Waals surface area contributed by atoms with Crippen molar-refractivity contribution in [2.75, 3.05) is 19.8 Å². The highest BCUT2D eigenvalue weighted by atomic mass is 16.5. The molecular formula is C17H27NO3. The summed E-state index contributed by atoms with van der Waals surface area (Å²) in [6.45, 7) is 6.92. The predicted molar refractivity (Wildman–Crippen MR) is 83.5 cm³/mol. The molecule has 2 N–H and O–H groups in total. The molecular weight excluding hydrogens is 266 g/mol. The van der Waals surface area contributed by atoms with Crippen molar-refractivity contribution in [3.8, 4) is 5.75 Å². The van der Waals surface area contributed by atoms with Crippen LogP contribution >= 0.6 is 0 Å². The minimum absolute atomic E-state index is 0.254. The first-order chi connectivity index (χ1) is 10.1. The Morgan fingerprint density at radius 2 is 2.10 bits per heavy atom. The van der Waals surface area contributed by atoms with Gasteiger partial charge in [-0.3, -0.25) is 0 Å². The highest BCUT2D eigenvalue weighted by Gasteiger charge is 2.15. The second kappa shape index (κ2) is 8.37. The number of hydrogen-bond donors (Lipinski definition) is 2. The van der Waals surface area contributed by atoms with E-state index in [-0.39, 0.29) is 18.1 Å². The summed E-state index contributed by atoms with van der Waals surface area (Å²) in [5.74, 6) is 1.17. The van der Waals surface area contributed by atoms with Gasteiger partial charge < -0.3 is 19.9 Å². The van der Waals surface area contributed by atoms with Gasteiger partial charge in [0.15, 0.2) is 0 Å². The van der Waals surface area contributed by atoms with Gasteiger partial charge in [0.2, 0.25) is 0 Å². The van der Waals surface area contributed by atoms with Crippen molar-refractivity contribution < 1.29 is 14.6 Å². The standard InChI is InChI=1S/C17H27NO3/c1-13(2)17(19)11-18-10-14-5-7-15(8-6-14)21-12-16-4-3-9-20-16/h5-8,13,16-19H,3-4,9-12H2,1-2H3. The van der Waals surface area contributed by atoms with Crippen molar-refractivity contribution in [2.24, 2.45) is 5.92 Å². The molecule has 0 spiro atoms. The molecule has 0 bridgehead atoms. The number of ether oxygens (including phenoxy) is 2. The van der Waals surface area contributed by atoms with Gasteiger partial charge in [-0.25, -0.2) is 0 Å². The fourth-order valence-corrected chi connectivity index (χ4v) is 2.27. The first kappa shape index (κ1) is 16.3. The third-order valence-corrected chi connectivity index (χ3v) is 3.84. The van der Waals surface area contributed by atoms with E-state index in [1.165, 1.54) is 5.56 Å². The van der Waals surface area contributed by atoms with Crippen molar-refractivity contribution in [3.63, 3.8) is 0 Å². The van der Waals surface area contributed by atoms with Crippen LogP contribution in [0.15, 0.2) is 24.3 Å². The van der Waals surface area contributed by atoms with Gasteiger partial charge in [-0.1, -0.05) is 26.0 Å². The monoisotopic (exact) mass is 293 g/mol. The van der Waals surface area contributed by atoms with Crippen LogP contribution in [-0.4, -0.2) is 37.1 Å². The minimum atomic E-state index is -0.293. The average Bonchev–Trinajstić information content (AvgIpc) is 2.99. The number of benzene rings is 1. The molecule has 1 aromatic rings. The smallest absolute Gasteiger partial charge is 0.119 e. The van der Waals surface area contributed by atoms with Crippen LogP contribution < -0.4 is 10.1 Å². The van der Waals surface area contributed by atoms with E-state index < -0.39 is 0 Å². The summed E-state index contributed by atoms with van der Waals surface area (Å²) in [5.41, 5.74) is 1.19. The fraction of sp³-hybridized carbons (Fsp3) is 0.647. The molecule has 1 heterocycles. The van der Waals surface area contributed by atoms with Gasteiger partial charge in [-0.2, -0.15) is 0 Å². The van der Waals surface area contributed by atoms with Gasteiger partial charge in [0.05, 0.1) is 12.2 Å². The molecule has 1 saturated heterocycles. The van der Waals surface area contributed by atoms with Crippen LogP contribution in [-0.2, 0) is 11.3 Å². The van der Waals surface area contributed by atoms with E-state index in [4.69, 9.17) is 9.47 Å². The number of hydrogen-bond acceptors (Lipinski definition) is 4. The predicted octanol–water partition coefficient (Wildman–Crippen LogP) is 2.35. The Labute approximate surface area is 127 Å². The number of nitrogens with one attached hydrogen (secondary N) is 1. The summed E-state index contributed by atoms with van der Waals surface area (Å²) < 4.78 is 11.3. The van der Waals surface area contributed by atoms with Crippen molar-refractivity contribution in [3.05, 3.63) is 29.8 Å². The van der Waals surface area contributed by atoms with Gasteiger partial charge in [0.1, 0.15) is 12.4 Å². The van der Waals surface area contributed by atoms with Crippen LogP contribution in [0, 0.1) is 5.92 Å². The zero-order valence-electron chi connectivity index (χ0n) is 13.0. The maximum absolute atomic E-state index is 9.73. The lowest BCUT2D eigenvalue weighted by Crippen LogP contribution is -2.30. The fourth-order valence-electron chi connectivity index (χ4n) is 2.27. The lowest BCUT2D eigenvalue weighted by Gasteiger charge is -2.15. The Balaban J connectivity index is 1.68. The molecule has 1 aromatic carbocycles. The Morgan fingerprint density at radius 1 is 1.33 bits per heavy atom. The van der Waals surface area contributed by atoms with Crippen molar-refractivity contribution in [2.45, 2.75) is 45.4 Å². The van der Waals surface area contributed by atoms with Gasteiger partial charge >= 0.3 is 0 Å². The van der Waals surface area contributed by atoms with Crippen LogP contribution in [0.25, 0.3) is 0 Å². The normalized spacial score (nSPS) is 19.9.